The molecule has 180 valence electrons. The molecule has 0 spiro atoms. The molecule has 2 aliphatic heterocycles. The zero-order chi connectivity index (χ0) is 23.5. The van der Waals surface area contributed by atoms with Crippen LogP contribution >= 0.6 is 0 Å². The second-order valence-corrected chi connectivity index (χ2v) is 10.4. The molecule has 1 N–H and O–H groups in total. The normalized spacial score (nSPS) is 27.3. The maximum atomic E-state index is 13.1. The molecule has 4 fully saturated rings. The number of para-hydroxylation sites is 1. The van der Waals surface area contributed by atoms with E-state index in [1.807, 2.05) is 25.2 Å². The number of aryl methyl sites for hydroxylation is 1. The number of piperidine rings is 2. The van der Waals surface area contributed by atoms with E-state index in [0.29, 0.717) is 23.6 Å². The Bertz CT molecular complexity index is 1400. The third kappa shape index (κ3) is 3.52. The van der Waals surface area contributed by atoms with Crippen molar-refractivity contribution in [2.75, 3.05) is 6.54 Å². The van der Waals surface area contributed by atoms with Gasteiger partial charge in [0.05, 0.1) is 0 Å². The van der Waals surface area contributed by atoms with Crippen LogP contribution in [0.25, 0.3) is 22.3 Å². The molecular weight excluding hydrogens is 438 g/mol. The molecule has 2 unspecified atom stereocenters. The fraction of sp³-hybridized carbons (Fsp3) is 0.393. The first-order valence-corrected chi connectivity index (χ1v) is 12.7. The van der Waals surface area contributed by atoms with Crippen LogP contribution in [0.3, 0.4) is 0 Å². The van der Waals surface area contributed by atoms with Gasteiger partial charge in [0, 0.05) is 61.6 Å². The highest BCUT2D eigenvalue weighted by Gasteiger charge is 2.47. The van der Waals surface area contributed by atoms with Gasteiger partial charge in [0.1, 0.15) is 0 Å². The average Bonchev–Trinajstić information content (AvgIpc) is 3.35. The Morgan fingerprint density at radius 2 is 1.89 bits per heavy atom. The maximum absolute atomic E-state index is 13.1. The predicted molar refractivity (Wildman–Crippen MR) is 135 cm³/mol. The van der Waals surface area contributed by atoms with Crippen LogP contribution in [0.2, 0.25) is 0 Å². The smallest absolute Gasteiger partial charge is 0.317 e. The molecule has 4 heterocycles. The molecule has 5 atom stereocenters. The number of amides is 2. The van der Waals surface area contributed by atoms with Crippen molar-refractivity contribution in [2.24, 2.45) is 13.0 Å². The SMILES string of the molecule is Cn1cc(-c2noc([C@@H]3C[C@H]4CC[C@H]3CN4C(=O)NC3CC3c3ccccc3)n2)c2ccccc21.[HH]. The van der Waals surface area contributed by atoms with Crippen LogP contribution in [0.4, 0.5) is 4.79 Å². The summed E-state index contributed by atoms with van der Waals surface area (Å²) in [6.45, 7) is 0.760. The number of aromatic nitrogens is 3. The number of rotatable bonds is 4. The van der Waals surface area contributed by atoms with Crippen molar-refractivity contribution in [2.45, 2.75) is 49.6 Å². The third-order valence-electron chi connectivity index (χ3n) is 8.32. The molecule has 2 saturated heterocycles. The van der Waals surface area contributed by atoms with Crippen molar-refractivity contribution >= 4 is 16.9 Å². The Balaban J connectivity index is 0.00000240. The molecule has 2 aromatic carbocycles. The topological polar surface area (TPSA) is 76.2 Å². The maximum Gasteiger partial charge on any atom is 0.317 e. The zero-order valence-electron chi connectivity index (χ0n) is 19.8. The lowest BCUT2D eigenvalue weighted by molar-refractivity contribution is 0.0481. The van der Waals surface area contributed by atoms with E-state index in [9.17, 15) is 4.79 Å². The summed E-state index contributed by atoms with van der Waals surface area (Å²) in [5.74, 6) is 2.38. The van der Waals surface area contributed by atoms with Gasteiger partial charge in [-0.15, -0.1) is 0 Å². The average molecular weight is 470 g/mol. The summed E-state index contributed by atoms with van der Waals surface area (Å²) in [7, 11) is 2.04. The second-order valence-electron chi connectivity index (χ2n) is 10.4. The minimum Gasteiger partial charge on any atom is -0.350 e. The molecule has 2 aromatic heterocycles. The van der Waals surface area contributed by atoms with Crippen molar-refractivity contribution in [3.05, 3.63) is 72.2 Å². The summed E-state index contributed by atoms with van der Waals surface area (Å²) in [6.07, 6.45) is 6.13. The molecule has 7 heteroatoms. The van der Waals surface area contributed by atoms with E-state index in [1.165, 1.54) is 5.56 Å². The molecule has 2 saturated carbocycles. The number of fused-ring (bicyclic) bond motifs is 4. The van der Waals surface area contributed by atoms with E-state index >= 15 is 0 Å². The highest BCUT2D eigenvalue weighted by molar-refractivity contribution is 5.94. The van der Waals surface area contributed by atoms with Crippen molar-refractivity contribution in [1.82, 2.24) is 24.9 Å². The summed E-state index contributed by atoms with van der Waals surface area (Å²) in [5.41, 5.74) is 3.46. The molecule has 2 aliphatic carbocycles. The van der Waals surface area contributed by atoms with E-state index in [-0.39, 0.29) is 25.5 Å². The van der Waals surface area contributed by atoms with Crippen LogP contribution in [0, 0.1) is 5.92 Å². The number of urea groups is 1. The van der Waals surface area contributed by atoms with Gasteiger partial charge in [-0.3, -0.25) is 0 Å². The Kier molecular flexibility index (Phi) is 4.72. The Morgan fingerprint density at radius 1 is 1.06 bits per heavy atom. The van der Waals surface area contributed by atoms with Gasteiger partial charge in [-0.1, -0.05) is 53.7 Å². The lowest BCUT2D eigenvalue weighted by Crippen LogP contribution is -2.56. The summed E-state index contributed by atoms with van der Waals surface area (Å²) in [6, 6.07) is 19.3. The first-order chi connectivity index (χ1) is 17.2. The van der Waals surface area contributed by atoms with Crippen LogP contribution in [0.1, 0.15) is 50.4 Å². The monoisotopic (exact) mass is 469 g/mol. The van der Waals surface area contributed by atoms with Crippen LogP contribution in [-0.2, 0) is 7.05 Å². The number of nitrogens with zero attached hydrogens (tertiary/aromatic N) is 4. The molecule has 2 bridgehead atoms. The predicted octanol–water partition coefficient (Wildman–Crippen LogP) is 5.31. The van der Waals surface area contributed by atoms with E-state index < -0.39 is 0 Å². The third-order valence-corrected chi connectivity index (χ3v) is 8.32. The lowest BCUT2D eigenvalue weighted by atomic mass is 9.72. The van der Waals surface area contributed by atoms with E-state index in [1.54, 1.807) is 0 Å². The molecule has 0 radical (unpaired) electrons. The molecule has 2 amide bonds. The summed E-state index contributed by atoms with van der Waals surface area (Å²) in [5, 5.41) is 8.77. The van der Waals surface area contributed by atoms with Crippen molar-refractivity contribution in [3.63, 3.8) is 0 Å². The summed E-state index contributed by atoms with van der Waals surface area (Å²) < 4.78 is 7.91. The van der Waals surface area contributed by atoms with Crippen LogP contribution in [-0.4, -0.2) is 44.3 Å². The van der Waals surface area contributed by atoms with Gasteiger partial charge in [-0.2, -0.15) is 4.98 Å². The fourth-order valence-electron chi connectivity index (χ4n) is 6.35. The molecular formula is C28H31N5O2. The van der Waals surface area contributed by atoms with Gasteiger partial charge in [-0.25, -0.2) is 4.79 Å². The summed E-state index contributed by atoms with van der Waals surface area (Å²) >= 11 is 0. The van der Waals surface area contributed by atoms with Gasteiger partial charge in [0.15, 0.2) is 0 Å². The molecule has 8 rings (SSSR count). The molecule has 35 heavy (non-hydrogen) atoms. The zero-order valence-corrected chi connectivity index (χ0v) is 19.8. The van der Waals surface area contributed by atoms with Crippen LogP contribution in [0.15, 0.2) is 65.3 Å². The van der Waals surface area contributed by atoms with Gasteiger partial charge < -0.3 is 19.3 Å². The highest BCUT2D eigenvalue weighted by atomic mass is 16.5. The van der Waals surface area contributed by atoms with Crippen LogP contribution < -0.4 is 5.32 Å². The van der Waals surface area contributed by atoms with Crippen molar-refractivity contribution < 1.29 is 10.7 Å². The van der Waals surface area contributed by atoms with Gasteiger partial charge >= 0.3 is 6.03 Å². The van der Waals surface area contributed by atoms with Crippen LogP contribution in [0.5, 0.6) is 0 Å². The standard InChI is InChI=1S/C28H29N5O2.H2/c1-32-16-23(20-9-5-6-10-25(20)32)26-30-27(35-31-26)22-13-19-12-11-18(22)15-33(19)28(34)29-24-14-21(24)17-7-3-2-4-8-17;/h2-10,16,18-19,21-22,24H,11-15H2,1H3,(H,29,34);1H/t18-,19+,21?,22+,24?;/m0./s1. The Morgan fingerprint density at radius 3 is 2.71 bits per heavy atom. The first-order valence-electron chi connectivity index (χ1n) is 12.7. The lowest BCUT2D eigenvalue weighted by Gasteiger charge is -2.48. The molecule has 4 aromatic rings. The second kappa shape index (κ2) is 7.97. The molecule has 4 aliphatic rings. The molecule has 7 nitrogen and oxygen atoms in total. The van der Waals surface area contributed by atoms with E-state index in [2.05, 4.69) is 62.5 Å². The Hall–Kier alpha value is -3.61. The number of carbonyl (C=O) groups is 1. The van der Waals surface area contributed by atoms with E-state index in [4.69, 9.17) is 9.51 Å². The highest BCUT2D eigenvalue weighted by Crippen LogP contribution is 2.46. The Labute approximate surface area is 205 Å². The van der Waals surface area contributed by atoms with Gasteiger partial charge in [0.25, 0.3) is 0 Å². The number of hydrogen-bond donors (Lipinski definition) is 1. The van der Waals surface area contributed by atoms with Gasteiger partial charge in [0.2, 0.25) is 11.7 Å². The summed E-state index contributed by atoms with van der Waals surface area (Å²) in [4.78, 5) is 20.0. The number of benzene rings is 2. The minimum atomic E-state index is 0. The number of nitrogens with one attached hydrogen (secondary N) is 1. The largest absolute Gasteiger partial charge is 0.350 e. The fourth-order valence-corrected chi connectivity index (χ4v) is 6.35. The minimum absolute atomic E-state index is 0. The quantitative estimate of drug-likeness (QED) is 0.440. The van der Waals surface area contributed by atoms with Crippen molar-refractivity contribution in [1.29, 1.82) is 0 Å². The number of carbonyl (C=O) groups excluding carboxylic acids is 1. The van der Waals surface area contributed by atoms with Gasteiger partial charge in [-0.05, 0) is 43.2 Å². The number of hydrogen-bond acceptors (Lipinski definition) is 4. The van der Waals surface area contributed by atoms with Crippen molar-refractivity contribution in [3.8, 4) is 11.4 Å². The van der Waals surface area contributed by atoms with E-state index in [0.717, 1.165) is 48.7 Å². The first kappa shape index (κ1) is 20.7.